The summed E-state index contributed by atoms with van der Waals surface area (Å²) in [7, 11) is 0. The van der Waals surface area contributed by atoms with Crippen molar-refractivity contribution >= 4 is 12.6 Å². The van der Waals surface area contributed by atoms with Crippen LogP contribution in [0.1, 0.15) is 55.4 Å². The van der Waals surface area contributed by atoms with E-state index in [1.807, 2.05) is 18.2 Å². The summed E-state index contributed by atoms with van der Waals surface area (Å²) in [4.78, 5) is 4.87. The Hall–Kier alpha value is -3.00. The number of hydrogen-bond donors (Lipinski definition) is 2. The molecule has 1 N–H and O–H groups in total. The number of thiol groups is 1. The minimum absolute atomic E-state index is 0.473. The van der Waals surface area contributed by atoms with Gasteiger partial charge in [-0.15, -0.1) is 10.2 Å². The van der Waals surface area contributed by atoms with E-state index >= 15 is 0 Å². The Balaban J connectivity index is 1.40. The average Bonchev–Trinajstić information content (AvgIpc) is 3.51. The molecule has 0 radical (unpaired) electrons. The molecule has 0 amide bonds. The second-order valence-electron chi connectivity index (χ2n) is 8.31. The molecule has 7 nitrogen and oxygen atoms in total. The first-order valence-corrected chi connectivity index (χ1v) is 11.9. The summed E-state index contributed by atoms with van der Waals surface area (Å²) in [6.07, 6.45) is 7.87. The molecular formula is C24H27N7S. The molecule has 164 valence electrons. The van der Waals surface area contributed by atoms with E-state index in [1.165, 1.54) is 37.7 Å². The van der Waals surface area contributed by atoms with Crippen LogP contribution >= 0.6 is 12.6 Å². The Bertz CT molecular complexity index is 1150. The van der Waals surface area contributed by atoms with E-state index in [9.17, 15) is 0 Å². The summed E-state index contributed by atoms with van der Waals surface area (Å²) in [5, 5.41) is 19.4. The van der Waals surface area contributed by atoms with E-state index in [4.69, 9.17) is 10.1 Å². The maximum Gasteiger partial charge on any atom is 0.205 e. The van der Waals surface area contributed by atoms with Crippen LogP contribution in [0.25, 0.3) is 22.5 Å². The number of benzene rings is 2. The van der Waals surface area contributed by atoms with Gasteiger partial charge in [-0.3, -0.25) is 0 Å². The van der Waals surface area contributed by atoms with Crippen LogP contribution in [0.5, 0.6) is 0 Å². The molecule has 1 aliphatic carbocycles. The Morgan fingerprint density at radius 2 is 1.75 bits per heavy atom. The lowest BCUT2D eigenvalue weighted by molar-refractivity contribution is 0.321. The van der Waals surface area contributed by atoms with Gasteiger partial charge in [-0.2, -0.15) is 22.9 Å². The van der Waals surface area contributed by atoms with Crippen LogP contribution < -0.4 is 0 Å². The molecule has 0 spiro atoms. The highest BCUT2D eigenvalue weighted by Gasteiger charge is 2.21. The van der Waals surface area contributed by atoms with Crippen molar-refractivity contribution in [1.29, 1.82) is 0 Å². The maximum absolute atomic E-state index is 4.87. The average molecular weight is 446 g/mol. The molecule has 1 fully saturated rings. The van der Waals surface area contributed by atoms with Crippen LogP contribution in [0.3, 0.4) is 0 Å². The molecule has 0 unspecified atom stereocenters. The van der Waals surface area contributed by atoms with Gasteiger partial charge in [0.25, 0.3) is 0 Å². The quantitative estimate of drug-likeness (QED) is 0.403. The molecule has 0 saturated heterocycles. The van der Waals surface area contributed by atoms with Crippen molar-refractivity contribution in [3.8, 4) is 22.5 Å². The van der Waals surface area contributed by atoms with E-state index in [2.05, 4.69) is 68.3 Å². The molecule has 0 bridgehead atoms. The molecule has 32 heavy (non-hydrogen) atoms. The lowest BCUT2D eigenvalue weighted by atomic mass is 9.95. The SMILES string of the molecule is SCCc1nc(Cc2ccc(-c3ccccc3-c3nn[nH]n3)cc2)n(C2CCCCC2)n1. The van der Waals surface area contributed by atoms with E-state index in [-0.39, 0.29) is 0 Å². The Morgan fingerprint density at radius 1 is 0.969 bits per heavy atom. The zero-order valence-electron chi connectivity index (χ0n) is 18.0. The summed E-state index contributed by atoms with van der Waals surface area (Å²) in [5.41, 5.74) is 4.40. The van der Waals surface area contributed by atoms with Gasteiger partial charge in [0.1, 0.15) is 5.82 Å². The summed E-state index contributed by atoms with van der Waals surface area (Å²) in [5.74, 6) is 3.34. The fraction of sp³-hybridized carbons (Fsp3) is 0.375. The number of aromatic amines is 1. The lowest BCUT2D eigenvalue weighted by Gasteiger charge is -2.23. The van der Waals surface area contributed by atoms with Gasteiger partial charge in [0.15, 0.2) is 5.82 Å². The smallest absolute Gasteiger partial charge is 0.205 e. The molecule has 2 heterocycles. The van der Waals surface area contributed by atoms with Crippen LogP contribution in [0.4, 0.5) is 0 Å². The van der Waals surface area contributed by atoms with Crippen LogP contribution in [0.15, 0.2) is 48.5 Å². The number of aryl methyl sites for hydroxylation is 1. The summed E-state index contributed by atoms with van der Waals surface area (Å²) < 4.78 is 2.21. The first-order valence-electron chi connectivity index (χ1n) is 11.3. The van der Waals surface area contributed by atoms with Gasteiger partial charge in [-0.05, 0) is 40.5 Å². The van der Waals surface area contributed by atoms with Crippen LogP contribution in [-0.2, 0) is 12.8 Å². The van der Waals surface area contributed by atoms with Gasteiger partial charge in [-0.1, -0.05) is 67.8 Å². The highest BCUT2D eigenvalue weighted by Crippen LogP contribution is 2.31. The molecule has 2 aromatic heterocycles. The van der Waals surface area contributed by atoms with Crippen molar-refractivity contribution in [3.05, 3.63) is 65.7 Å². The third kappa shape index (κ3) is 4.46. The van der Waals surface area contributed by atoms with Gasteiger partial charge >= 0.3 is 0 Å². The number of hydrogen-bond acceptors (Lipinski definition) is 6. The summed E-state index contributed by atoms with van der Waals surface area (Å²) in [6.45, 7) is 0. The van der Waals surface area contributed by atoms with E-state index < -0.39 is 0 Å². The van der Waals surface area contributed by atoms with Crippen LogP contribution in [0.2, 0.25) is 0 Å². The van der Waals surface area contributed by atoms with Gasteiger partial charge in [0, 0.05) is 18.4 Å². The first-order chi connectivity index (χ1) is 15.8. The Morgan fingerprint density at radius 3 is 2.47 bits per heavy atom. The zero-order valence-corrected chi connectivity index (χ0v) is 18.9. The predicted octanol–water partition coefficient (Wildman–Crippen LogP) is 4.69. The summed E-state index contributed by atoms with van der Waals surface area (Å²) in [6, 6.07) is 17.3. The molecule has 1 saturated carbocycles. The van der Waals surface area contributed by atoms with Crippen molar-refractivity contribution in [1.82, 2.24) is 35.4 Å². The van der Waals surface area contributed by atoms with Gasteiger partial charge in [0.2, 0.25) is 5.82 Å². The number of nitrogens with one attached hydrogen (secondary N) is 1. The molecule has 2 aromatic carbocycles. The number of aromatic nitrogens is 7. The molecule has 5 rings (SSSR count). The minimum Gasteiger partial charge on any atom is -0.246 e. The monoisotopic (exact) mass is 445 g/mol. The second-order valence-corrected chi connectivity index (χ2v) is 8.76. The molecular weight excluding hydrogens is 418 g/mol. The third-order valence-electron chi connectivity index (χ3n) is 6.14. The molecule has 1 aliphatic rings. The normalized spacial score (nSPS) is 14.7. The standard InChI is InChI=1S/C24H27N7S/c32-15-14-22-25-23(31(28-22)19-6-2-1-3-7-19)16-17-10-12-18(13-11-17)20-8-4-5-9-21(20)24-26-29-30-27-24/h4-5,8-13,19,32H,1-3,6-7,14-16H2,(H,26,27,29,30). The van der Waals surface area contributed by atoms with Crippen molar-refractivity contribution in [3.63, 3.8) is 0 Å². The first kappa shape index (κ1) is 20.9. The van der Waals surface area contributed by atoms with Crippen molar-refractivity contribution in [2.24, 2.45) is 0 Å². The maximum atomic E-state index is 4.87. The number of H-pyrrole nitrogens is 1. The molecule has 0 aliphatic heterocycles. The van der Waals surface area contributed by atoms with Crippen molar-refractivity contribution in [2.75, 3.05) is 5.75 Å². The number of tetrazole rings is 1. The predicted molar refractivity (Wildman–Crippen MR) is 128 cm³/mol. The van der Waals surface area contributed by atoms with Crippen LogP contribution in [0, 0.1) is 0 Å². The topological polar surface area (TPSA) is 85.2 Å². The number of nitrogens with zero attached hydrogens (tertiary/aromatic N) is 6. The van der Waals surface area contributed by atoms with E-state index in [0.717, 1.165) is 46.9 Å². The lowest BCUT2D eigenvalue weighted by Crippen LogP contribution is -2.17. The minimum atomic E-state index is 0.473. The second kappa shape index (κ2) is 9.65. The fourth-order valence-corrected chi connectivity index (χ4v) is 4.74. The highest BCUT2D eigenvalue weighted by molar-refractivity contribution is 7.80. The van der Waals surface area contributed by atoms with Crippen molar-refractivity contribution < 1.29 is 0 Å². The molecule has 8 heteroatoms. The highest BCUT2D eigenvalue weighted by atomic mass is 32.1. The third-order valence-corrected chi connectivity index (χ3v) is 6.37. The molecule has 4 aromatic rings. The largest absolute Gasteiger partial charge is 0.246 e. The van der Waals surface area contributed by atoms with Crippen molar-refractivity contribution in [2.45, 2.75) is 51.0 Å². The van der Waals surface area contributed by atoms with E-state index in [0.29, 0.717) is 11.9 Å². The molecule has 0 atom stereocenters. The van der Waals surface area contributed by atoms with Gasteiger partial charge in [-0.25, -0.2) is 9.67 Å². The van der Waals surface area contributed by atoms with E-state index in [1.54, 1.807) is 0 Å². The fourth-order valence-electron chi connectivity index (χ4n) is 4.54. The Kier molecular flexibility index (Phi) is 6.29. The van der Waals surface area contributed by atoms with Gasteiger partial charge in [0.05, 0.1) is 6.04 Å². The van der Waals surface area contributed by atoms with Gasteiger partial charge < -0.3 is 0 Å². The zero-order chi connectivity index (χ0) is 21.8. The summed E-state index contributed by atoms with van der Waals surface area (Å²) >= 11 is 4.37. The Labute approximate surface area is 193 Å². The van der Waals surface area contributed by atoms with Crippen LogP contribution in [-0.4, -0.2) is 41.1 Å². The number of rotatable bonds is 7.